The number of nitrogens with one attached hydrogen (secondary N) is 1. The number of nitrogens with zero attached hydrogens (tertiary/aromatic N) is 4. The standard InChI is InChI=1S/C13H22ClN5/c1-4-15-12-16-11(14)17-13(18-12)19(3)10-7-5-6-9(2)8-10/h9-10H,4-8H2,1-3H3,(H,15,16,17,18). The predicted molar refractivity (Wildman–Crippen MR) is 78.8 cm³/mol. The summed E-state index contributed by atoms with van der Waals surface area (Å²) in [4.78, 5) is 14.9. The van der Waals surface area contributed by atoms with Crippen LogP contribution in [0.5, 0.6) is 0 Å². The number of anilines is 2. The normalized spacial score (nSPS) is 23.2. The van der Waals surface area contributed by atoms with Gasteiger partial charge in [0.1, 0.15) is 0 Å². The average Bonchev–Trinajstić information content (AvgIpc) is 2.37. The van der Waals surface area contributed by atoms with Gasteiger partial charge in [-0.05, 0) is 37.3 Å². The SMILES string of the molecule is CCNc1nc(Cl)nc(N(C)C2CCCC(C)C2)n1. The molecule has 0 bridgehead atoms. The monoisotopic (exact) mass is 283 g/mol. The highest BCUT2D eigenvalue weighted by atomic mass is 35.5. The molecule has 1 heterocycles. The molecule has 2 unspecified atom stereocenters. The van der Waals surface area contributed by atoms with Gasteiger partial charge in [-0.1, -0.05) is 19.8 Å². The van der Waals surface area contributed by atoms with Crippen LogP contribution in [0.4, 0.5) is 11.9 Å². The topological polar surface area (TPSA) is 53.9 Å². The Kier molecular flexibility index (Phi) is 4.80. The molecule has 0 spiro atoms. The van der Waals surface area contributed by atoms with Crippen molar-refractivity contribution in [2.75, 3.05) is 23.8 Å². The summed E-state index contributed by atoms with van der Waals surface area (Å²) in [7, 11) is 2.05. The molecule has 0 saturated heterocycles. The maximum Gasteiger partial charge on any atom is 0.231 e. The van der Waals surface area contributed by atoms with Gasteiger partial charge in [0.15, 0.2) is 0 Å². The van der Waals surface area contributed by atoms with E-state index in [4.69, 9.17) is 11.6 Å². The molecular formula is C13H22ClN5. The van der Waals surface area contributed by atoms with E-state index in [9.17, 15) is 0 Å². The summed E-state index contributed by atoms with van der Waals surface area (Å²) < 4.78 is 0. The molecule has 1 fully saturated rings. The number of hydrogen-bond donors (Lipinski definition) is 1. The van der Waals surface area contributed by atoms with Crippen LogP contribution in [0, 0.1) is 5.92 Å². The molecule has 2 atom stereocenters. The molecule has 1 aromatic heterocycles. The van der Waals surface area contributed by atoms with E-state index in [1.54, 1.807) is 0 Å². The Morgan fingerprint density at radius 2 is 2.11 bits per heavy atom. The second-order valence-corrected chi connectivity index (χ2v) is 5.63. The molecule has 1 aliphatic carbocycles. The highest BCUT2D eigenvalue weighted by molar-refractivity contribution is 6.28. The molecular weight excluding hydrogens is 262 g/mol. The van der Waals surface area contributed by atoms with Crippen molar-refractivity contribution in [2.24, 2.45) is 5.92 Å². The van der Waals surface area contributed by atoms with Gasteiger partial charge in [0.05, 0.1) is 0 Å². The molecule has 19 heavy (non-hydrogen) atoms. The maximum atomic E-state index is 5.97. The molecule has 106 valence electrons. The first-order valence-corrected chi connectivity index (χ1v) is 7.36. The zero-order valence-corrected chi connectivity index (χ0v) is 12.6. The van der Waals surface area contributed by atoms with Crippen molar-refractivity contribution in [1.29, 1.82) is 0 Å². The summed E-state index contributed by atoms with van der Waals surface area (Å²) in [5.41, 5.74) is 0. The third kappa shape index (κ3) is 3.69. The minimum Gasteiger partial charge on any atom is -0.354 e. The summed E-state index contributed by atoms with van der Waals surface area (Å²) >= 11 is 5.97. The fourth-order valence-electron chi connectivity index (χ4n) is 2.65. The van der Waals surface area contributed by atoms with Gasteiger partial charge in [-0.2, -0.15) is 15.0 Å². The Morgan fingerprint density at radius 3 is 2.79 bits per heavy atom. The third-order valence-electron chi connectivity index (χ3n) is 3.70. The summed E-state index contributed by atoms with van der Waals surface area (Å²) in [6.45, 7) is 5.08. The van der Waals surface area contributed by atoms with Crippen molar-refractivity contribution in [3.8, 4) is 0 Å². The van der Waals surface area contributed by atoms with E-state index >= 15 is 0 Å². The van der Waals surface area contributed by atoms with Crippen LogP contribution in [0.2, 0.25) is 5.28 Å². The maximum absolute atomic E-state index is 5.97. The summed E-state index contributed by atoms with van der Waals surface area (Å²) in [5, 5.41) is 3.33. The van der Waals surface area contributed by atoms with Crippen LogP contribution in [-0.2, 0) is 0 Å². The summed E-state index contributed by atoms with van der Waals surface area (Å²) in [6, 6.07) is 0.497. The van der Waals surface area contributed by atoms with Crippen molar-refractivity contribution >= 4 is 23.5 Å². The van der Waals surface area contributed by atoms with E-state index in [0.717, 1.165) is 12.5 Å². The van der Waals surface area contributed by atoms with E-state index < -0.39 is 0 Å². The van der Waals surface area contributed by atoms with Crippen LogP contribution < -0.4 is 10.2 Å². The van der Waals surface area contributed by atoms with Crippen LogP contribution in [-0.4, -0.2) is 34.6 Å². The number of hydrogen-bond acceptors (Lipinski definition) is 5. The van der Waals surface area contributed by atoms with E-state index in [0.29, 0.717) is 17.9 Å². The zero-order chi connectivity index (χ0) is 13.8. The number of halogens is 1. The molecule has 2 rings (SSSR count). The second-order valence-electron chi connectivity index (χ2n) is 5.29. The van der Waals surface area contributed by atoms with Gasteiger partial charge in [0, 0.05) is 19.6 Å². The molecule has 1 aliphatic rings. The lowest BCUT2D eigenvalue weighted by atomic mass is 9.86. The van der Waals surface area contributed by atoms with Crippen LogP contribution in [0.25, 0.3) is 0 Å². The second kappa shape index (κ2) is 6.37. The predicted octanol–water partition coefficient (Wildman–Crippen LogP) is 2.97. The Morgan fingerprint density at radius 1 is 1.32 bits per heavy atom. The van der Waals surface area contributed by atoms with Crippen molar-refractivity contribution in [1.82, 2.24) is 15.0 Å². The Hall–Kier alpha value is -1.10. The fourth-order valence-corrected chi connectivity index (χ4v) is 2.81. The van der Waals surface area contributed by atoms with Gasteiger partial charge >= 0.3 is 0 Å². The molecule has 5 nitrogen and oxygen atoms in total. The Bertz CT molecular complexity index is 425. The fraction of sp³-hybridized carbons (Fsp3) is 0.769. The lowest BCUT2D eigenvalue weighted by molar-refractivity contribution is 0.334. The highest BCUT2D eigenvalue weighted by Gasteiger charge is 2.24. The molecule has 0 aliphatic heterocycles. The van der Waals surface area contributed by atoms with Crippen molar-refractivity contribution < 1.29 is 0 Å². The van der Waals surface area contributed by atoms with Gasteiger partial charge in [-0.15, -0.1) is 0 Å². The van der Waals surface area contributed by atoms with Crippen LogP contribution in [0.15, 0.2) is 0 Å². The van der Waals surface area contributed by atoms with Gasteiger partial charge < -0.3 is 10.2 Å². The van der Waals surface area contributed by atoms with Crippen LogP contribution in [0.3, 0.4) is 0 Å². The quantitative estimate of drug-likeness (QED) is 0.921. The third-order valence-corrected chi connectivity index (χ3v) is 3.87. The van der Waals surface area contributed by atoms with Crippen LogP contribution >= 0.6 is 11.6 Å². The van der Waals surface area contributed by atoms with Crippen molar-refractivity contribution in [3.63, 3.8) is 0 Å². The van der Waals surface area contributed by atoms with Gasteiger partial charge in [0.2, 0.25) is 17.2 Å². The molecule has 0 amide bonds. The smallest absolute Gasteiger partial charge is 0.231 e. The minimum absolute atomic E-state index is 0.247. The Balaban J connectivity index is 2.15. The molecule has 6 heteroatoms. The molecule has 0 aromatic carbocycles. The summed E-state index contributed by atoms with van der Waals surface area (Å²) in [5.74, 6) is 1.98. The molecule has 1 saturated carbocycles. The first-order valence-electron chi connectivity index (χ1n) is 6.98. The Labute approximate surface area is 119 Å². The minimum atomic E-state index is 0.247. The van der Waals surface area contributed by atoms with Crippen molar-refractivity contribution in [3.05, 3.63) is 5.28 Å². The number of aromatic nitrogens is 3. The zero-order valence-electron chi connectivity index (χ0n) is 11.9. The van der Waals surface area contributed by atoms with Gasteiger partial charge in [0.25, 0.3) is 0 Å². The average molecular weight is 284 g/mol. The van der Waals surface area contributed by atoms with Gasteiger partial charge in [-0.25, -0.2) is 0 Å². The lowest BCUT2D eigenvalue weighted by Crippen LogP contribution is -2.36. The molecule has 1 N–H and O–H groups in total. The van der Waals surface area contributed by atoms with Crippen LogP contribution in [0.1, 0.15) is 39.5 Å². The van der Waals surface area contributed by atoms with E-state index in [2.05, 4.69) is 32.1 Å². The molecule has 0 radical (unpaired) electrons. The van der Waals surface area contributed by atoms with E-state index in [-0.39, 0.29) is 5.28 Å². The van der Waals surface area contributed by atoms with E-state index in [1.807, 2.05) is 14.0 Å². The largest absolute Gasteiger partial charge is 0.354 e. The molecule has 1 aromatic rings. The van der Waals surface area contributed by atoms with Gasteiger partial charge in [-0.3, -0.25) is 0 Å². The lowest BCUT2D eigenvalue weighted by Gasteiger charge is -2.34. The highest BCUT2D eigenvalue weighted by Crippen LogP contribution is 2.28. The first kappa shape index (κ1) is 14.3. The van der Waals surface area contributed by atoms with Crippen molar-refractivity contribution in [2.45, 2.75) is 45.6 Å². The summed E-state index contributed by atoms with van der Waals surface area (Å²) in [6.07, 6.45) is 4.98. The first-order chi connectivity index (χ1) is 9.10. The van der Waals surface area contributed by atoms with E-state index in [1.165, 1.54) is 25.7 Å². The number of rotatable bonds is 4.